The van der Waals surface area contributed by atoms with Crippen molar-refractivity contribution in [3.05, 3.63) is 77.4 Å². The Morgan fingerprint density at radius 3 is 2.90 bits per heavy atom. The van der Waals surface area contributed by atoms with E-state index < -0.39 is 0 Å². The van der Waals surface area contributed by atoms with E-state index in [4.69, 9.17) is 9.52 Å². The average Bonchev–Trinajstić information content (AvgIpc) is 3.52. The van der Waals surface area contributed by atoms with Gasteiger partial charge in [0, 0.05) is 36.2 Å². The van der Waals surface area contributed by atoms with Crippen LogP contribution in [0.3, 0.4) is 0 Å². The molecule has 0 saturated carbocycles. The third-order valence-corrected chi connectivity index (χ3v) is 5.80. The summed E-state index contributed by atoms with van der Waals surface area (Å²) in [5, 5.41) is 13.6. The lowest BCUT2D eigenvalue weighted by Crippen LogP contribution is -2.37. The minimum atomic E-state index is -0.224. The molecule has 6 rings (SSSR count). The molecule has 1 aliphatic heterocycles. The van der Waals surface area contributed by atoms with E-state index >= 15 is 0 Å². The van der Waals surface area contributed by atoms with E-state index in [2.05, 4.69) is 42.2 Å². The fraction of sp³-hybridized carbons (Fsp3) is 0.227. The molecule has 0 spiro atoms. The molecule has 1 aliphatic rings. The normalized spacial score (nSPS) is 16.1. The molecule has 0 radical (unpaired) electrons. The molecule has 9 nitrogen and oxygen atoms in total. The highest BCUT2D eigenvalue weighted by atomic mass is 16.4. The highest BCUT2D eigenvalue weighted by Gasteiger charge is 2.36. The molecule has 5 aromatic rings. The van der Waals surface area contributed by atoms with Gasteiger partial charge in [0.1, 0.15) is 6.04 Å². The van der Waals surface area contributed by atoms with Gasteiger partial charge in [0.15, 0.2) is 0 Å². The smallest absolute Gasteiger partial charge is 0.319 e. The van der Waals surface area contributed by atoms with Crippen molar-refractivity contribution in [2.24, 2.45) is 0 Å². The zero-order valence-corrected chi connectivity index (χ0v) is 17.1. The highest BCUT2D eigenvalue weighted by Crippen LogP contribution is 2.37. The number of hydrogen-bond acceptors (Lipinski definition) is 7. The summed E-state index contributed by atoms with van der Waals surface area (Å²) in [7, 11) is 0. The summed E-state index contributed by atoms with van der Waals surface area (Å²) < 4.78 is 8.07. The molecule has 5 aromatic heterocycles. The van der Waals surface area contributed by atoms with E-state index in [0.717, 1.165) is 46.0 Å². The summed E-state index contributed by atoms with van der Waals surface area (Å²) in [6.45, 7) is 4.68. The number of hydrogen-bond donors (Lipinski definition) is 1. The van der Waals surface area contributed by atoms with Crippen LogP contribution >= 0.6 is 0 Å². The van der Waals surface area contributed by atoms with Crippen molar-refractivity contribution in [3.8, 4) is 11.5 Å². The molecule has 0 amide bonds. The van der Waals surface area contributed by atoms with Gasteiger partial charge in [0.2, 0.25) is 0 Å². The maximum Gasteiger partial charge on any atom is 0.319 e. The van der Waals surface area contributed by atoms with Gasteiger partial charge in [-0.1, -0.05) is 11.2 Å². The van der Waals surface area contributed by atoms with Crippen LogP contribution in [0.25, 0.3) is 17.0 Å². The number of nitrogens with zero attached hydrogens (tertiary/aromatic N) is 7. The van der Waals surface area contributed by atoms with E-state index in [-0.39, 0.29) is 6.04 Å². The summed E-state index contributed by atoms with van der Waals surface area (Å²) in [6.07, 6.45) is 4.30. The van der Waals surface area contributed by atoms with Gasteiger partial charge in [-0.25, -0.2) is 9.50 Å². The van der Waals surface area contributed by atoms with Crippen molar-refractivity contribution >= 4 is 11.5 Å². The third-order valence-electron chi connectivity index (χ3n) is 5.80. The Kier molecular flexibility index (Phi) is 3.89. The first-order valence-corrected chi connectivity index (χ1v) is 10.2. The molecule has 6 heterocycles. The van der Waals surface area contributed by atoms with Gasteiger partial charge in [0.25, 0.3) is 5.89 Å². The van der Waals surface area contributed by atoms with E-state index in [0.29, 0.717) is 18.5 Å². The Bertz CT molecular complexity index is 1400. The molecule has 31 heavy (non-hydrogen) atoms. The minimum Gasteiger partial charge on any atom is -0.403 e. The Balaban J connectivity index is 1.46. The van der Waals surface area contributed by atoms with Gasteiger partial charge >= 0.3 is 6.01 Å². The Morgan fingerprint density at radius 1 is 1.10 bits per heavy atom. The SMILES string of the molecule is Cc1ncccc1-c1nnc(N2CCc3[nH]cnc3[C@H]2c2cc3cccc(C)n3n2)o1. The molecule has 0 saturated heterocycles. The number of imidazole rings is 1. The summed E-state index contributed by atoms with van der Waals surface area (Å²) in [4.78, 5) is 14.3. The fourth-order valence-corrected chi connectivity index (χ4v) is 4.24. The lowest BCUT2D eigenvalue weighted by atomic mass is 10.0. The monoisotopic (exact) mass is 412 g/mol. The maximum absolute atomic E-state index is 6.12. The second kappa shape index (κ2) is 6.76. The van der Waals surface area contributed by atoms with Gasteiger partial charge in [-0.05, 0) is 44.2 Å². The molecule has 0 bridgehead atoms. The summed E-state index contributed by atoms with van der Waals surface area (Å²) >= 11 is 0. The largest absolute Gasteiger partial charge is 0.403 e. The first-order chi connectivity index (χ1) is 15.2. The molecule has 1 atom stereocenters. The average molecular weight is 412 g/mol. The second-order valence-corrected chi connectivity index (χ2v) is 7.71. The van der Waals surface area contributed by atoms with Crippen LogP contribution in [0, 0.1) is 13.8 Å². The number of fused-ring (bicyclic) bond motifs is 2. The van der Waals surface area contributed by atoms with Crippen LogP contribution in [0.5, 0.6) is 0 Å². The molecular formula is C22H20N8O. The quantitative estimate of drug-likeness (QED) is 0.485. The van der Waals surface area contributed by atoms with Crippen LogP contribution in [0.4, 0.5) is 6.01 Å². The van der Waals surface area contributed by atoms with E-state index in [9.17, 15) is 0 Å². The molecular weight excluding hydrogens is 392 g/mol. The Labute approximate surface area is 177 Å². The number of aromatic amines is 1. The molecule has 0 fully saturated rings. The number of aryl methyl sites for hydroxylation is 2. The van der Waals surface area contributed by atoms with Crippen LogP contribution in [-0.2, 0) is 6.42 Å². The second-order valence-electron chi connectivity index (χ2n) is 7.71. The van der Waals surface area contributed by atoms with Crippen molar-refractivity contribution in [1.82, 2.24) is 34.8 Å². The molecule has 154 valence electrons. The molecule has 0 unspecified atom stereocenters. The zero-order chi connectivity index (χ0) is 20.9. The lowest BCUT2D eigenvalue weighted by Gasteiger charge is -2.32. The fourth-order valence-electron chi connectivity index (χ4n) is 4.24. The number of aromatic nitrogens is 7. The number of anilines is 1. The van der Waals surface area contributed by atoms with Crippen molar-refractivity contribution in [1.29, 1.82) is 0 Å². The van der Waals surface area contributed by atoms with Gasteiger partial charge in [-0.15, -0.1) is 5.10 Å². The third kappa shape index (κ3) is 2.81. The molecule has 1 N–H and O–H groups in total. The molecule has 0 aromatic carbocycles. The number of nitrogens with one attached hydrogen (secondary N) is 1. The maximum atomic E-state index is 6.12. The van der Waals surface area contributed by atoms with Crippen molar-refractivity contribution in [2.45, 2.75) is 26.3 Å². The van der Waals surface area contributed by atoms with Crippen LogP contribution < -0.4 is 4.90 Å². The molecule has 9 heteroatoms. The van der Waals surface area contributed by atoms with Gasteiger partial charge in [0.05, 0.1) is 28.8 Å². The number of rotatable bonds is 3. The predicted octanol–water partition coefficient (Wildman–Crippen LogP) is 3.27. The summed E-state index contributed by atoms with van der Waals surface area (Å²) in [5.41, 5.74) is 6.72. The van der Waals surface area contributed by atoms with E-state index in [1.807, 2.05) is 42.6 Å². The highest BCUT2D eigenvalue weighted by molar-refractivity contribution is 5.57. The van der Waals surface area contributed by atoms with Gasteiger partial charge in [-0.2, -0.15) is 5.10 Å². The lowest BCUT2D eigenvalue weighted by molar-refractivity contribution is 0.503. The van der Waals surface area contributed by atoms with Crippen LogP contribution in [0.2, 0.25) is 0 Å². The van der Waals surface area contributed by atoms with Gasteiger partial charge in [-0.3, -0.25) is 4.98 Å². The van der Waals surface area contributed by atoms with Crippen molar-refractivity contribution < 1.29 is 4.42 Å². The first-order valence-electron chi connectivity index (χ1n) is 10.2. The van der Waals surface area contributed by atoms with Crippen LogP contribution in [-0.4, -0.2) is 41.3 Å². The Hall–Kier alpha value is -4.01. The van der Waals surface area contributed by atoms with Gasteiger partial charge < -0.3 is 14.3 Å². The van der Waals surface area contributed by atoms with E-state index in [1.165, 1.54) is 0 Å². The van der Waals surface area contributed by atoms with Crippen LogP contribution in [0.1, 0.15) is 34.5 Å². The standard InChI is InChI=1S/C22H20N8O/c1-13-5-3-6-15-11-18(28-30(13)15)20-19-17(24-12-25-19)8-10-29(20)22-27-26-21(31-22)16-7-4-9-23-14(16)2/h3-7,9,11-12,20H,8,10H2,1-2H3,(H,24,25)/t20-/m1/s1. The van der Waals surface area contributed by atoms with E-state index in [1.54, 1.807) is 12.5 Å². The van der Waals surface area contributed by atoms with Crippen LogP contribution in [0.15, 0.2) is 53.3 Å². The summed E-state index contributed by atoms with van der Waals surface area (Å²) in [5.74, 6) is 0.457. The van der Waals surface area contributed by atoms with Crippen molar-refractivity contribution in [3.63, 3.8) is 0 Å². The minimum absolute atomic E-state index is 0.224. The predicted molar refractivity (Wildman–Crippen MR) is 114 cm³/mol. The molecule has 0 aliphatic carbocycles. The number of pyridine rings is 2. The summed E-state index contributed by atoms with van der Waals surface area (Å²) in [6, 6.07) is 12.3. The zero-order valence-electron chi connectivity index (χ0n) is 17.1. The number of H-pyrrole nitrogens is 1. The van der Waals surface area contributed by atoms with Crippen molar-refractivity contribution in [2.75, 3.05) is 11.4 Å². The first kappa shape index (κ1) is 17.8. The topological polar surface area (TPSA) is 101 Å². The Morgan fingerprint density at radius 2 is 2.03 bits per heavy atom.